The Balaban J connectivity index is 2.89. The predicted molar refractivity (Wildman–Crippen MR) is 84.9 cm³/mol. The summed E-state index contributed by atoms with van der Waals surface area (Å²) >= 11 is -1.15. The first-order valence-corrected chi connectivity index (χ1v) is 10.7. The molecule has 0 heterocycles. The van der Waals surface area contributed by atoms with Gasteiger partial charge in [0.1, 0.15) is 0 Å². The van der Waals surface area contributed by atoms with Crippen molar-refractivity contribution in [2.45, 2.75) is 58.2 Å². The van der Waals surface area contributed by atoms with Gasteiger partial charge in [0.25, 0.3) is 0 Å². The van der Waals surface area contributed by atoms with Gasteiger partial charge in [0.15, 0.2) is 0 Å². The summed E-state index contributed by atoms with van der Waals surface area (Å²) in [5.41, 5.74) is 0. The predicted octanol–water partition coefficient (Wildman–Crippen LogP) is 5.16. The van der Waals surface area contributed by atoms with Crippen LogP contribution in [0, 0.1) is 0 Å². The molecule has 0 saturated carbocycles. The van der Waals surface area contributed by atoms with E-state index in [-0.39, 0.29) is 5.83 Å². The molecule has 1 atom stereocenters. The van der Waals surface area contributed by atoms with Crippen LogP contribution in [0.4, 0.5) is 4.39 Å². The van der Waals surface area contributed by atoms with Crippen LogP contribution in [0.2, 0.25) is 5.82 Å². The Bertz CT molecular complexity index is 384. The topological polar surface area (TPSA) is 0 Å². The van der Waals surface area contributed by atoms with Crippen LogP contribution in [0.25, 0.3) is 0 Å². The summed E-state index contributed by atoms with van der Waals surface area (Å²) in [6, 6.07) is 10.5. The summed E-state index contributed by atoms with van der Waals surface area (Å²) in [6.45, 7) is 4.30. The van der Waals surface area contributed by atoms with Crippen molar-refractivity contribution < 1.29 is 4.39 Å². The van der Waals surface area contributed by atoms with Crippen LogP contribution in [-0.2, 0) is 0 Å². The quantitative estimate of drug-likeness (QED) is 0.578. The average Bonchev–Trinajstić information content (AvgIpc) is 2.46. The van der Waals surface area contributed by atoms with Crippen LogP contribution < -0.4 is 4.46 Å². The van der Waals surface area contributed by atoms with Crippen molar-refractivity contribution in [1.82, 2.24) is 0 Å². The third kappa shape index (κ3) is 5.50. The molecule has 0 aromatic heterocycles. The normalized spacial score (nSPS) is 14.1. The maximum atomic E-state index is 14.4. The Labute approximate surface area is 122 Å². The van der Waals surface area contributed by atoms with E-state index in [2.05, 4.69) is 43.9 Å². The van der Waals surface area contributed by atoms with Gasteiger partial charge in [-0.1, -0.05) is 0 Å². The van der Waals surface area contributed by atoms with Gasteiger partial charge >= 0.3 is 122 Å². The van der Waals surface area contributed by atoms with Crippen molar-refractivity contribution in [1.29, 1.82) is 0 Å². The summed E-state index contributed by atoms with van der Waals surface area (Å²) in [6.07, 6.45) is 5.86. The van der Waals surface area contributed by atoms with Crippen LogP contribution in [-0.4, -0.2) is 13.9 Å². The summed E-state index contributed by atoms with van der Waals surface area (Å²) in [5.74, 6) is 2.44. The molecule has 0 amide bonds. The molecule has 19 heavy (non-hydrogen) atoms. The van der Waals surface area contributed by atoms with Gasteiger partial charge in [-0.25, -0.2) is 0 Å². The molecule has 1 rings (SSSR count). The van der Waals surface area contributed by atoms with E-state index in [0.717, 1.165) is 36.6 Å². The minimum absolute atomic E-state index is 0.187. The van der Waals surface area contributed by atoms with Gasteiger partial charge in [-0.05, 0) is 0 Å². The number of rotatable bonds is 8. The Hall–Kier alpha value is -0.591. The minimum atomic E-state index is -1.15. The fourth-order valence-electron chi connectivity index (χ4n) is 2.03. The molecule has 1 aromatic rings. The maximum absolute atomic E-state index is 14.4. The standard InChI is InChI=1S/C17H26FSe/c1-4-6-13-16(18)17(14-7-5-2)19(3)15-11-9-8-10-12-15/h8-12H,4-7,13-14H2,1-3H3/q+1/b17-16+. The molecular formula is C17H26FSe+. The van der Waals surface area contributed by atoms with Crippen molar-refractivity contribution in [2.75, 3.05) is 0 Å². The summed E-state index contributed by atoms with van der Waals surface area (Å²) < 4.78 is 16.9. The van der Waals surface area contributed by atoms with E-state index in [1.165, 1.54) is 4.46 Å². The third-order valence-corrected chi connectivity index (χ3v) is 7.77. The molecule has 0 saturated heterocycles. The molecule has 0 N–H and O–H groups in total. The van der Waals surface area contributed by atoms with Gasteiger partial charge in [-0.3, -0.25) is 0 Å². The van der Waals surface area contributed by atoms with Gasteiger partial charge in [0.05, 0.1) is 0 Å². The molecule has 0 aliphatic carbocycles. The van der Waals surface area contributed by atoms with E-state index in [0.29, 0.717) is 6.42 Å². The van der Waals surface area contributed by atoms with E-state index in [1.54, 1.807) is 0 Å². The number of unbranched alkanes of at least 4 members (excludes halogenated alkanes) is 2. The van der Waals surface area contributed by atoms with Crippen molar-refractivity contribution in [3.63, 3.8) is 0 Å². The SMILES string of the molecule is CCCC/C(F)=C(/CCCC)[Se+](C)c1ccccc1. The van der Waals surface area contributed by atoms with Gasteiger partial charge in [0, 0.05) is 0 Å². The molecule has 2 heteroatoms. The summed E-state index contributed by atoms with van der Waals surface area (Å²) in [4.78, 5) is 0. The van der Waals surface area contributed by atoms with E-state index in [4.69, 9.17) is 0 Å². The van der Waals surface area contributed by atoms with E-state index >= 15 is 0 Å². The molecule has 0 aliphatic heterocycles. The fraction of sp³-hybridized carbons (Fsp3) is 0.529. The molecule has 1 aromatic carbocycles. The molecule has 106 valence electrons. The molecule has 0 bridgehead atoms. The number of benzene rings is 1. The molecular weight excluding hydrogens is 302 g/mol. The van der Waals surface area contributed by atoms with Crippen LogP contribution in [0.15, 0.2) is 40.6 Å². The number of hydrogen-bond acceptors (Lipinski definition) is 0. The van der Waals surface area contributed by atoms with Crippen molar-refractivity contribution >= 4 is 18.4 Å². The van der Waals surface area contributed by atoms with Gasteiger partial charge in [-0.2, -0.15) is 0 Å². The van der Waals surface area contributed by atoms with Crippen molar-refractivity contribution in [3.8, 4) is 0 Å². The second kappa shape index (κ2) is 9.33. The van der Waals surface area contributed by atoms with Crippen LogP contribution >= 0.6 is 0 Å². The van der Waals surface area contributed by atoms with E-state index in [9.17, 15) is 4.39 Å². The zero-order valence-electron chi connectivity index (χ0n) is 12.4. The Morgan fingerprint density at radius 3 is 2.16 bits per heavy atom. The van der Waals surface area contributed by atoms with E-state index < -0.39 is 13.9 Å². The first kappa shape index (κ1) is 16.5. The van der Waals surface area contributed by atoms with E-state index in [1.807, 2.05) is 6.07 Å². The second-order valence-electron chi connectivity index (χ2n) is 4.86. The average molecular weight is 328 g/mol. The number of halogens is 1. The zero-order chi connectivity index (χ0) is 14.1. The Morgan fingerprint density at radius 2 is 1.58 bits per heavy atom. The molecule has 0 aliphatic rings. The zero-order valence-corrected chi connectivity index (χ0v) is 14.1. The second-order valence-corrected chi connectivity index (χ2v) is 9.02. The summed E-state index contributed by atoms with van der Waals surface area (Å²) in [7, 11) is 0. The van der Waals surface area contributed by atoms with Gasteiger partial charge in [0.2, 0.25) is 0 Å². The number of hydrogen-bond donors (Lipinski definition) is 0. The van der Waals surface area contributed by atoms with Crippen LogP contribution in [0.5, 0.6) is 0 Å². The van der Waals surface area contributed by atoms with Gasteiger partial charge < -0.3 is 0 Å². The molecule has 0 nitrogen and oxygen atoms in total. The van der Waals surface area contributed by atoms with Gasteiger partial charge in [-0.15, -0.1) is 0 Å². The van der Waals surface area contributed by atoms with Crippen LogP contribution in [0.1, 0.15) is 52.4 Å². The molecule has 0 fully saturated rings. The first-order chi connectivity index (χ1) is 9.20. The first-order valence-electron chi connectivity index (χ1n) is 7.29. The van der Waals surface area contributed by atoms with Crippen molar-refractivity contribution in [2.24, 2.45) is 0 Å². The fourth-order valence-corrected chi connectivity index (χ4v) is 5.67. The third-order valence-electron chi connectivity index (χ3n) is 3.28. The van der Waals surface area contributed by atoms with Crippen molar-refractivity contribution in [3.05, 3.63) is 40.6 Å². The number of allylic oxidation sites excluding steroid dienone is 2. The van der Waals surface area contributed by atoms with Crippen LogP contribution in [0.3, 0.4) is 0 Å². The monoisotopic (exact) mass is 329 g/mol. The molecule has 0 spiro atoms. The molecule has 1 unspecified atom stereocenters. The Morgan fingerprint density at radius 1 is 1.00 bits per heavy atom. The molecule has 0 radical (unpaired) electrons. The summed E-state index contributed by atoms with van der Waals surface area (Å²) in [5, 5.41) is 0. The Kier molecular flexibility index (Phi) is 8.09.